The highest BCUT2D eigenvalue weighted by atomic mass is 16.5. The maximum absolute atomic E-state index is 12.2. The highest BCUT2D eigenvalue weighted by molar-refractivity contribution is 6.21. The van der Waals surface area contributed by atoms with Crippen LogP contribution in [0.25, 0.3) is 0 Å². The van der Waals surface area contributed by atoms with Gasteiger partial charge in [-0.05, 0) is 31.6 Å². The van der Waals surface area contributed by atoms with Gasteiger partial charge in [-0.3, -0.25) is 14.5 Å². The Hall–Kier alpha value is -2.56. The fraction of sp³-hybridized carbons (Fsp3) is 0.250. The first-order chi connectivity index (χ1) is 10.2. The number of ether oxygens (including phenoxy) is 1. The molecule has 0 radical (unpaired) electrons. The largest absolute Gasteiger partial charge is 0.477 e. The van der Waals surface area contributed by atoms with Gasteiger partial charge in [0, 0.05) is 5.70 Å². The minimum Gasteiger partial charge on any atom is -0.477 e. The van der Waals surface area contributed by atoms with Crippen molar-refractivity contribution in [1.82, 2.24) is 10.2 Å². The summed E-state index contributed by atoms with van der Waals surface area (Å²) in [6.45, 7) is 2.48. The number of nitrogens with zero attached hydrogens (tertiary/aromatic N) is 1. The number of carbonyl (C=O) groups excluding carboxylic acids is 2. The minimum absolute atomic E-state index is 0.244. The number of nitrogens with one attached hydrogen (secondary N) is 1. The van der Waals surface area contributed by atoms with Crippen LogP contribution in [0.15, 0.2) is 48.0 Å². The number of dihydropyridines is 1. The normalized spacial score (nSPS) is 17.1. The second-order valence-corrected chi connectivity index (χ2v) is 4.97. The molecule has 2 amide bonds. The fourth-order valence-electron chi connectivity index (χ4n) is 2.42. The summed E-state index contributed by atoms with van der Waals surface area (Å²) < 4.78 is 5.57. The number of allylic oxidation sites excluding steroid dienone is 3. The van der Waals surface area contributed by atoms with Crippen LogP contribution in [0, 0.1) is 0 Å². The van der Waals surface area contributed by atoms with Gasteiger partial charge in [0.15, 0.2) is 5.88 Å². The Labute approximate surface area is 122 Å². The molecule has 3 rings (SSSR count). The first kappa shape index (κ1) is 13.4. The Morgan fingerprint density at radius 3 is 2.43 bits per heavy atom. The smallest absolute Gasteiger partial charge is 0.261 e. The van der Waals surface area contributed by atoms with E-state index >= 15 is 0 Å². The number of imide groups is 1. The second kappa shape index (κ2) is 5.44. The summed E-state index contributed by atoms with van der Waals surface area (Å²) in [5, 5.41) is 3.09. The first-order valence-corrected chi connectivity index (χ1v) is 6.89. The molecule has 2 aliphatic heterocycles. The molecule has 1 aromatic rings. The molecular weight excluding hydrogens is 268 g/mol. The topological polar surface area (TPSA) is 58.6 Å². The standard InChI is InChI=1S/C16H16N2O3/c1-11-5-4-8-14(17-11)21-10-9-18-15(19)12-6-2-3-7-13(12)16(18)20/h2-3,5-8,17H,4,9-10H2,1H3. The van der Waals surface area contributed by atoms with Crippen molar-refractivity contribution >= 4 is 11.8 Å². The highest BCUT2D eigenvalue weighted by Crippen LogP contribution is 2.22. The van der Waals surface area contributed by atoms with Crippen molar-refractivity contribution in [1.29, 1.82) is 0 Å². The van der Waals surface area contributed by atoms with Crippen LogP contribution in [-0.4, -0.2) is 29.9 Å². The van der Waals surface area contributed by atoms with Crippen LogP contribution in [0.3, 0.4) is 0 Å². The number of benzene rings is 1. The molecule has 108 valence electrons. The van der Waals surface area contributed by atoms with E-state index in [1.165, 1.54) is 4.90 Å². The molecular formula is C16H16N2O3. The van der Waals surface area contributed by atoms with E-state index < -0.39 is 0 Å². The molecule has 0 fully saturated rings. The Bertz CT molecular complexity index is 626. The molecule has 0 saturated carbocycles. The lowest BCUT2D eigenvalue weighted by Crippen LogP contribution is -2.33. The van der Waals surface area contributed by atoms with Gasteiger partial charge in [-0.15, -0.1) is 0 Å². The van der Waals surface area contributed by atoms with Crippen molar-refractivity contribution in [2.24, 2.45) is 0 Å². The van der Waals surface area contributed by atoms with E-state index in [9.17, 15) is 9.59 Å². The van der Waals surface area contributed by atoms with Crippen molar-refractivity contribution in [3.05, 3.63) is 59.1 Å². The van der Waals surface area contributed by atoms with Crippen LogP contribution in [0.2, 0.25) is 0 Å². The molecule has 1 N–H and O–H groups in total. The average Bonchev–Trinajstić information content (AvgIpc) is 2.73. The van der Waals surface area contributed by atoms with Crippen LogP contribution in [-0.2, 0) is 4.74 Å². The Balaban J connectivity index is 1.59. The molecule has 1 aromatic carbocycles. The summed E-state index contributed by atoms with van der Waals surface area (Å²) in [6.07, 6.45) is 4.80. The summed E-state index contributed by atoms with van der Waals surface area (Å²) in [7, 11) is 0. The molecule has 5 heteroatoms. The third-order valence-corrected chi connectivity index (χ3v) is 3.50. The molecule has 2 heterocycles. The van der Waals surface area contributed by atoms with Crippen molar-refractivity contribution < 1.29 is 14.3 Å². The lowest BCUT2D eigenvalue weighted by Gasteiger charge is -2.18. The van der Waals surface area contributed by atoms with E-state index in [0.29, 0.717) is 17.0 Å². The Kier molecular flexibility index (Phi) is 3.48. The molecule has 0 spiro atoms. The number of amides is 2. The zero-order valence-electron chi connectivity index (χ0n) is 11.8. The molecule has 0 aliphatic carbocycles. The number of carbonyl (C=O) groups is 2. The summed E-state index contributed by atoms with van der Waals surface area (Å²) in [6, 6.07) is 6.87. The third-order valence-electron chi connectivity index (χ3n) is 3.50. The zero-order valence-corrected chi connectivity index (χ0v) is 11.8. The molecule has 0 aromatic heterocycles. The lowest BCUT2D eigenvalue weighted by molar-refractivity contribution is 0.0603. The van der Waals surface area contributed by atoms with Crippen LogP contribution in [0.4, 0.5) is 0 Å². The van der Waals surface area contributed by atoms with E-state index in [-0.39, 0.29) is 25.0 Å². The van der Waals surface area contributed by atoms with Crippen LogP contribution in [0.5, 0.6) is 0 Å². The molecule has 0 saturated heterocycles. The van der Waals surface area contributed by atoms with E-state index in [0.717, 1.165) is 12.1 Å². The number of fused-ring (bicyclic) bond motifs is 1. The fourth-order valence-corrected chi connectivity index (χ4v) is 2.42. The molecule has 0 unspecified atom stereocenters. The number of hydrogen-bond acceptors (Lipinski definition) is 4. The number of hydrogen-bond donors (Lipinski definition) is 1. The lowest BCUT2D eigenvalue weighted by atomic mass is 10.1. The molecule has 2 aliphatic rings. The van der Waals surface area contributed by atoms with Crippen molar-refractivity contribution in [3.8, 4) is 0 Å². The third kappa shape index (κ3) is 2.54. The molecule has 0 atom stereocenters. The maximum atomic E-state index is 12.2. The predicted molar refractivity (Wildman–Crippen MR) is 77.4 cm³/mol. The van der Waals surface area contributed by atoms with Gasteiger partial charge in [0.2, 0.25) is 0 Å². The summed E-state index contributed by atoms with van der Waals surface area (Å²) in [5.74, 6) is 0.174. The predicted octanol–water partition coefficient (Wildman–Crippen LogP) is 2.04. The van der Waals surface area contributed by atoms with E-state index in [1.54, 1.807) is 24.3 Å². The van der Waals surface area contributed by atoms with Gasteiger partial charge in [0.05, 0.1) is 17.7 Å². The van der Waals surface area contributed by atoms with Gasteiger partial charge in [-0.25, -0.2) is 0 Å². The first-order valence-electron chi connectivity index (χ1n) is 6.89. The van der Waals surface area contributed by atoms with E-state index in [4.69, 9.17) is 4.74 Å². The Morgan fingerprint density at radius 1 is 1.14 bits per heavy atom. The summed E-state index contributed by atoms with van der Waals surface area (Å²) in [4.78, 5) is 25.5. The monoisotopic (exact) mass is 284 g/mol. The average molecular weight is 284 g/mol. The van der Waals surface area contributed by atoms with Gasteiger partial charge in [0.1, 0.15) is 6.61 Å². The van der Waals surface area contributed by atoms with Crippen LogP contribution >= 0.6 is 0 Å². The van der Waals surface area contributed by atoms with Gasteiger partial charge < -0.3 is 10.1 Å². The number of rotatable bonds is 4. The van der Waals surface area contributed by atoms with Crippen molar-refractivity contribution in [2.75, 3.05) is 13.2 Å². The second-order valence-electron chi connectivity index (χ2n) is 4.97. The van der Waals surface area contributed by atoms with Gasteiger partial charge in [-0.2, -0.15) is 0 Å². The Morgan fingerprint density at radius 2 is 1.81 bits per heavy atom. The zero-order chi connectivity index (χ0) is 14.8. The van der Waals surface area contributed by atoms with Gasteiger partial charge in [0.25, 0.3) is 11.8 Å². The molecule has 21 heavy (non-hydrogen) atoms. The van der Waals surface area contributed by atoms with Gasteiger partial charge in [-0.1, -0.05) is 18.2 Å². The maximum Gasteiger partial charge on any atom is 0.261 e. The van der Waals surface area contributed by atoms with Crippen molar-refractivity contribution in [2.45, 2.75) is 13.3 Å². The van der Waals surface area contributed by atoms with Gasteiger partial charge >= 0.3 is 0 Å². The molecule has 5 nitrogen and oxygen atoms in total. The summed E-state index contributed by atoms with van der Waals surface area (Å²) in [5.41, 5.74) is 1.97. The van der Waals surface area contributed by atoms with E-state index in [1.807, 2.05) is 13.0 Å². The van der Waals surface area contributed by atoms with E-state index in [2.05, 4.69) is 11.4 Å². The minimum atomic E-state index is -0.249. The van der Waals surface area contributed by atoms with Crippen LogP contribution < -0.4 is 5.32 Å². The highest BCUT2D eigenvalue weighted by Gasteiger charge is 2.34. The summed E-state index contributed by atoms with van der Waals surface area (Å²) >= 11 is 0. The quantitative estimate of drug-likeness (QED) is 0.860. The van der Waals surface area contributed by atoms with Crippen LogP contribution in [0.1, 0.15) is 34.1 Å². The molecule has 0 bridgehead atoms. The van der Waals surface area contributed by atoms with Crippen molar-refractivity contribution in [3.63, 3.8) is 0 Å². The SMILES string of the molecule is CC1=CCC=C(OCCN2C(=O)c3ccccc3C2=O)N1.